The van der Waals surface area contributed by atoms with E-state index in [0.717, 1.165) is 12.8 Å². The summed E-state index contributed by atoms with van der Waals surface area (Å²) in [6.45, 7) is 1.98. The average molecular weight is 162 g/mol. The summed E-state index contributed by atoms with van der Waals surface area (Å²) in [5, 5.41) is 16.7. The molecule has 0 saturated carbocycles. The number of aliphatic carboxylic acids is 1. The number of rotatable bonds is 6. The summed E-state index contributed by atoms with van der Waals surface area (Å²) in [5.41, 5.74) is 3.85. The molecule has 0 amide bonds. The van der Waals surface area contributed by atoms with Gasteiger partial charge in [0.1, 0.15) is 6.04 Å². The van der Waals surface area contributed by atoms with Gasteiger partial charge in [0.05, 0.1) is 0 Å². The van der Waals surface area contributed by atoms with E-state index < -0.39 is 12.0 Å². The fraction of sp³-hybridized carbons (Fsp3) is 0.833. The fourth-order valence-electron chi connectivity index (χ4n) is 0.744. The molecule has 0 aromatic heterocycles. The molecule has 5 nitrogen and oxygen atoms in total. The molecule has 0 rings (SSSR count). The molecule has 11 heavy (non-hydrogen) atoms. The van der Waals surface area contributed by atoms with E-state index >= 15 is 0 Å². The zero-order valence-electron chi connectivity index (χ0n) is 6.50. The average Bonchev–Trinajstić information content (AvgIpc) is 1.97. The number of hydrogen-bond acceptors (Lipinski definition) is 4. The second kappa shape index (κ2) is 6.09. The quantitative estimate of drug-likeness (QED) is 0.417. The first-order valence-electron chi connectivity index (χ1n) is 3.59. The second-order valence-corrected chi connectivity index (χ2v) is 2.29. The van der Waals surface area contributed by atoms with E-state index in [-0.39, 0.29) is 0 Å². The maximum Gasteiger partial charge on any atom is 0.322 e. The van der Waals surface area contributed by atoms with Crippen LogP contribution in [-0.4, -0.2) is 22.3 Å². The fourth-order valence-corrected chi connectivity index (χ4v) is 0.744. The summed E-state index contributed by atoms with van der Waals surface area (Å²) >= 11 is 0. The number of carbonyl (C=O) groups is 1. The summed E-state index contributed by atoms with van der Waals surface area (Å²) in [5.74, 6) is -0.958. The van der Waals surface area contributed by atoms with Crippen molar-refractivity contribution in [2.24, 2.45) is 0 Å². The van der Waals surface area contributed by atoms with Crippen LogP contribution in [0.3, 0.4) is 0 Å². The van der Waals surface area contributed by atoms with Crippen LogP contribution in [0.2, 0.25) is 0 Å². The van der Waals surface area contributed by atoms with E-state index in [4.69, 9.17) is 10.3 Å². The first kappa shape index (κ1) is 10.3. The van der Waals surface area contributed by atoms with Crippen molar-refractivity contribution in [3.8, 4) is 0 Å². The minimum Gasteiger partial charge on any atom is -0.480 e. The van der Waals surface area contributed by atoms with Gasteiger partial charge in [0, 0.05) is 0 Å². The van der Waals surface area contributed by atoms with Gasteiger partial charge in [-0.1, -0.05) is 19.8 Å². The summed E-state index contributed by atoms with van der Waals surface area (Å²) in [4.78, 5) is 10.4. The Bertz CT molecular complexity index is 118. The highest BCUT2D eigenvalue weighted by Gasteiger charge is 2.14. The first-order valence-corrected chi connectivity index (χ1v) is 3.59. The molecule has 0 spiro atoms. The summed E-state index contributed by atoms with van der Waals surface area (Å²) in [6.07, 6.45) is 2.28. The van der Waals surface area contributed by atoms with Gasteiger partial charge in [-0.15, -0.1) is 5.59 Å². The molecule has 0 saturated heterocycles. The molecule has 4 N–H and O–H groups in total. The number of nitrogens with one attached hydrogen (secondary N) is 2. The molecule has 0 fully saturated rings. The van der Waals surface area contributed by atoms with Crippen LogP contribution in [0.5, 0.6) is 0 Å². The van der Waals surface area contributed by atoms with Crippen LogP contribution in [0.4, 0.5) is 0 Å². The molecule has 1 atom stereocenters. The number of carboxylic acids is 1. The van der Waals surface area contributed by atoms with E-state index in [2.05, 4.69) is 5.43 Å². The van der Waals surface area contributed by atoms with Crippen LogP contribution in [0.25, 0.3) is 0 Å². The Kier molecular flexibility index (Phi) is 5.73. The molecule has 0 aliphatic carbocycles. The van der Waals surface area contributed by atoms with Gasteiger partial charge < -0.3 is 10.3 Å². The zero-order valence-corrected chi connectivity index (χ0v) is 6.50. The Morgan fingerprint density at radius 3 is 2.64 bits per heavy atom. The molecule has 0 aliphatic rings. The van der Waals surface area contributed by atoms with Crippen LogP contribution in [0.15, 0.2) is 0 Å². The molecular weight excluding hydrogens is 148 g/mol. The van der Waals surface area contributed by atoms with Gasteiger partial charge in [0.15, 0.2) is 0 Å². The molecule has 5 heteroatoms. The first-order chi connectivity index (χ1) is 5.22. The maximum absolute atomic E-state index is 10.4. The zero-order chi connectivity index (χ0) is 8.69. The van der Waals surface area contributed by atoms with Crippen molar-refractivity contribution in [2.75, 3.05) is 0 Å². The van der Waals surface area contributed by atoms with Crippen LogP contribution in [-0.2, 0) is 4.79 Å². The third kappa shape index (κ3) is 4.72. The van der Waals surface area contributed by atoms with Crippen molar-refractivity contribution in [1.82, 2.24) is 11.0 Å². The van der Waals surface area contributed by atoms with E-state index in [1.54, 1.807) is 5.59 Å². The van der Waals surface area contributed by atoms with Gasteiger partial charge in [-0.05, 0) is 6.42 Å². The molecule has 0 aromatic carbocycles. The van der Waals surface area contributed by atoms with Crippen LogP contribution in [0.1, 0.15) is 26.2 Å². The van der Waals surface area contributed by atoms with Crippen LogP contribution < -0.4 is 11.0 Å². The summed E-state index contributed by atoms with van der Waals surface area (Å²) < 4.78 is 0. The lowest BCUT2D eigenvalue weighted by Gasteiger charge is -2.10. The highest BCUT2D eigenvalue weighted by molar-refractivity contribution is 5.73. The number of hydrazine groups is 1. The number of hydrogen-bond donors (Lipinski definition) is 4. The Labute approximate surface area is 65.3 Å². The molecule has 0 bridgehead atoms. The van der Waals surface area contributed by atoms with Gasteiger partial charge in [-0.25, -0.2) is 5.43 Å². The summed E-state index contributed by atoms with van der Waals surface area (Å²) in [7, 11) is 0. The van der Waals surface area contributed by atoms with Gasteiger partial charge in [-0.2, -0.15) is 0 Å². The second-order valence-electron chi connectivity index (χ2n) is 2.29. The Morgan fingerprint density at radius 1 is 1.64 bits per heavy atom. The van der Waals surface area contributed by atoms with Crippen molar-refractivity contribution in [2.45, 2.75) is 32.2 Å². The normalized spacial score (nSPS) is 12.9. The highest BCUT2D eigenvalue weighted by atomic mass is 16.5. The van der Waals surface area contributed by atoms with E-state index in [1.165, 1.54) is 0 Å². The Balaban J connectivity index is 3.60. The lowest BCUT2D eigenvalue weighted by atomic mass is 10.1. The smallest absolute Gasteiger partial charge is 0.322 e. The Morgan fingerprint density at radius 2 is 2.27 bits per heavy atom. The van der Waals surface area contributed by atoms with Crippen molar-refractivity contribution >= 4 is 5.97 Å². The van der Waals surface area contributed by atoms with Crippen molar-refractivity contribution < 1.29 is 15.1 Å². The van der Waals surface area contributed by atoms with E-state index in [1.807, 2.05) is 6.92 Å². The number of unbranched alkanes of at least 4 members (excludes halogenated alkanes) is 1. The lowest BCUT2D eigenvalue weighted by molar-refractivity contribution is -0.141. The summed E-state index contributed by atoms with van der Waals surface area (Å²) in [6, 6.07) is -0.708. The predicted octanol–water partition coefficient (Wildman–Crippen LogP) is 0.113. The van der Waals surface area contributed by atoms with Crippen molar-refractivity contribution in [3.63, 3.8) is 0 Å². The molecular formula is C6H14N2O3. The van der Waals surface area contributed by atoms with Crippen LogP contribution >= 0.6 is 0 Å². The van der Waals surface area contributed by atoms with Gasteiger partial charge >= 0.3 is 5.97 Å². The highest BCUT2D eigenvalue weighted by Crippen LogP contribution is 1.99. The SMILES string of the molecule is CCCCC(NNO)C(=O)O. The minimum absolute atomic E-state index is 0.513. The molecule has 1 unspecified atom stereocenters. The number of carboxylic acid groups (broad SMARTS) is 1. The Hall–Kier alpha value is -0.650. The van der Waals surface area contributed by atoms with E-state index in [9.17, 15) is 4.79 Å². The molecule has 0 aromatic rings. The van der Waals surface area contributed by atoms with Gasteiger partial charge in [0.2, 0.25) is 0 Å². The molecule has 0 aliphatic heterocycles. The topological polar surface area (TPSA) is 81.6 Å². The maximum atomic E-state index is 10.4. The largest absolute Gasteiger partial charge is 0.480 e. The monoisotopic (exact) mass is 162 g/mol. The lowest BCUT2D eigenvalue weighted by Crippen LogP contribution is -2.43. The molecule has 66 valence electrons. The third-order valence-electron chi connectivity index (χ3n) is 1.38. The van der Waals surface area contributed by atoms with Crippen molar-refractivity contribution in [1.29, 1.82) is 0 Å². The van der Waals surface area contributed by atoms with Gasteiger partial charge in [0.25, 0.3) is 0 Å². The van der Waals surface area contributed by atoms with Crippen molar-refractivity contribution in [3.05, 3.63) is 0 Å². The predicted molar refractivity (Wildman–Crippen MR) is 39.0 cm³/mol. The molecule has 0 heterocycles. The third-order valence-corrected chi connectivity index (χ3v) is 1.38. The molecule has 0 radical (unpaired) electrons. The standard InChI is InChI=1S/C6H14N2O3/c1-2-3-4-5(6(9)10)7-8-11/h5,7-8,11H,2-4H2,1H3,(H,9,10). The van der Waals surface area contributed by atoms with Gasteiger partial charge in [-0.3, -0.25) is 4.79 Å². The van der Waals surface area contributed by atoms with Crippen LogP contribution in [0, 0.1) is 0 Å². The minimum atomic E-state index is -0.958. The van der Waals surface area contributed by atoms with E-state index in [0.29, 0.717) is 6.42 Å².